The molecule has 0 aromatic carbocycles. The monoisotopic (exact) mass is 248 g/mol. The highest BCUT2D eigenvalue weighted by Crippen LogP contribution is 2.13. The third kappa shape index (κ3) is 6.75. The third-order valence-electron chi connectivity index (χ3n) is 3.05. The van der Waals surface area contributed by atoms with Gasteiger partial charge in [-0.2, -0.15) is 0 Å². The van der Waals surface area contributed by atoms with E-state index in [1.165, 1.54) is 18.5 Å². The van der Waals surface area contributed by atoms with E-state index in [2.05, 4.69) is 50.1 Å². The molecule has 1 rings (SSSR count). The molecular weight excluding hydrogens is 220 g/mol. The second kappa shape index (κ2) is 8.25. The van der Waals surface area contributed by atoms with E-state index < -0.39 is 0 Å². The molecule has 2 nitrogen and oxygen atoms in total. The summed E-state index contributed by atoms with van der Waals surface area (Å²) in [6, 6.07) is 6.77. The first-order valence-corrected chi connectivity index (χ1v) is 7.21. The smallest absolute Gasteiger partial charge is 0.0416 e. The molecule has 0 aliphatic rings. The van der Waals surface area contributed by atoms with Gasteiger partial charge in [-0.15, -0.1) is 0 Å². The van der Waals surface area contributed by atoms with Crippen LogP contribution in [0.5, 0.6) is 0 Å². The highest BCUT2D eigenvalue weighted by Gasteiger charge is 2.11. The van der Waals surface area contributed by atoms with Gasteiger partial charge in [0.15, 0.2) is 0 Å². The van der Waals surface area contributed by atoms with Crippen molar-refractivity contribution in [1.82, 2.24) is 10.3 Å². The van der Waals surface area contributed by atoms with Gasteiger partial charge in [0.05, 0.1) is 0 Å². The lowest BCUT2D eigenvalue weighted by molar-refractivity contribution is 0.361. The van der Waals surface area contributed by atoms with Crippen LogP contribution in [-0.2, 0) is 6.42 Å². The van der Waals surface area contributed by atoms with Crippen LogP contribution in [0.1, 0.15) is 46.2 Å². The van der Waals surface area contributed by atoms with Crippen molar-refractivity contribution < 1.29 is 0 Å². The van der Waals surface area contributed by atoms with E-state index in [-0.39, 0.29) is 0 Å². The summed E-state index contributed by atoms with van der Waals surface area (Å²) >= 11 is 0. The van der Waals surface area contributed by atoms with Crippen molar-refractivity contribution in [3.63, 3.8) is 0 Å². The summed E-state index contributed by atoms with van der Waals surface area (Å²) < 4.78 is 0. The summed E-state index contributed by atoms with van der Waals surface area (Å²) in [5, 5.41) is 3.69. The van der Waals surface area contributed by atoms with E-state index in [1.54, 1.807) is 0 Å². The van der Waals surface area contributed by atoms with Gasteiger partial charge in [-0.05, 0) is 36.8 Å². The molecule has 0 atom stereocenters. The van der Waals surface area contributed by atoms with E-state index >= 15 is 0 Å². The Morgan fingerprint density at radius 2 is 1.72 bits per heavy atom. The Labute approximate surface area is 112 Å². The molecule has 1 aromatic heterocycles. The number of hydrogen-bond acceptors (Lipinski definition) is 2. The summed E-state index contributed by atoms with van der Waals surface area (Å²) in [6.45, 7) is 10.2. The Morgan fingerprint density at radius 1 is 1.06 bits per heavy atom. The molecule has 0 saturated heterocycles. The van der Waals surface area contributed by atoms with Gasteiger partial charge >= 0.3 is 0 Å². The molecule has 102 valence electrons. The zero-order valence-corrected chi connectivity index (χ0v) is 12.3. The van der Waals surface area contributed by atoms with Crippen LogP contribution >= 0.6 is 0 Å². The van der Waals surface area contributed by atoms with Gasteiger partial charge in [-0.1, -0.05) is 33.8 Å². The molecule has 1 N–H and O–H groups in total. The SMILES string of the molecule is CC(C)CC(CC(C)C)NCCc1ccccn1. The van der Waals surface area contributed by atoms with Gasteiger partial charge < -0.3 is 5.32 Å². The van der Waals surface area contributed by atoms with Gasteiger partial charge in [-0.25, -0.2) is 0 Å². The van der Waals surface area contributed by atoms with E-state index in [1.807, 2.05) is 12.3 Å². The molecule has 1 heterocycles. The first-order valence-electron chi connectivity index (χ1n) is 7.21. The Balaban J connectivity index is 2.32. The van der Waals surface area contributed by atoms with Crippen LogP contribution in [0, 0.1) is 11.8 Å². The molecule has 0 amide bonds. The van der Waals surface area contributed by atoms with Gasteiger partial charge in [-0.3, -0.25) is 4.98 Å². The van der Waals surface area contributed by atoms with E-state index in [0.29, 0.717) is 6.04 Å². The molecule has 18 heavy (non-hydrogen) atoms. The fourth-order valence-corrected chi connectivity index (χ4v) is 2.35. The predicted molar refractivity (Wildman–Crippen MR) is 78.6 cm³/mol. The minimum absolute atomic E-state index is 0.647. The van der Waals surface area contributed by atoms with Crippen molar-refractivity contribution >= 4 is 0 Å². The Morgan fingerprint density at radius 3 is 2.22 bits per heavy atom. The lowest BCUT2D eigenvalue weighted by Crippen LogP contribution is -2.33. The minimum atomic E-state index is 0.647. The van der Waals surface area contributed by atoms with Crippen LogP contribution < -0.4 is 5.32 Å². The Bertz CT molecular complexity index is 296. The predicted octanol–water partition coefficient (Wildman–Crippen LogP) is 3.67. The number of hydrogen-bond donors (Lipinski definition) is 1. The average molecular weight is 248 g/mol. The number of rotatable bonds is 8. The lowest BCUT2D eigenvalue weighted by Gasteiger charge is -2.22. The van der Waals surface area contributed by atoms with Crippen LogP contribution in [0.2, 0.25) is 0 Å². The molecule has 0 fully saturated rings. The van der Waals surface area contributed by atoms with Crippen molar-refractivity contribution in [3.05, 3.63) is 30.1 Å². The number of aromatic nitrogens is 1. The summed E-state index contributed by atoms with van der Waals surface area (Å²) in [5.74, 6) is 1.52. The quantitative estimate of drug-likeness (QED) is 0.759. The van der Waals surface area contributed by atoms with Crippen molar-refractivity contribution in [2.24, 2.45) is 11.8 Å². The largest absolute Gasteiger partial charge is 0.314 e. The van der Waals surface area contributed by atoms with Crippen molar-refractivity contribution in [2.75, 3.05) is 6.54 Å². The summed E-state index contributed by atoms with van der Waals surface area (Å²) in [6.07, 6.45) is 5.42. The molecule has 0 spiro atoms. The fraction of sp³-hybridized carbons (Fsp3) is 0.688. The standard InChI is InChI=1S/C16H28N2/c1-13(2)11-16(12-14(3)4)18-10-8-15-7-5-6-9-17-15/h5-7,9,13-14,16,18H,8,10-12H2,1-4H3. The number of pyridine rings is 1. The molecule has 0 radical (unpaired) electrons. The van der Waals surface area contributed by atoms with Crippen LogP contribution in [-0.4, -0.2) is 17.6 Å². The summed E-state index contributed by atoms with van der Waals surface area (Å²) in [4.78, 5) is 4.36. The summed E-state index contributed by atoms with van der Waals surface area (Å²) in [5.41, 5.74) is 1.18. The van der Waals surface area contributed by atoms with Gasteiger partial charge in [0.25, 0.3) is 0 Å². The zero-order valence-electron chi connectivity index (χ0n) is 12.3. The lowest BCUT2D eigenvalue weighted by atomic mass is 9.95. The molecule has 0 saturated carbocycles. The zero-order chi connectivity index (χ0) is 13.4. The minimum Gasteiger partial charge on any atom is -0.314 e. The molecule has 0 unspecified atom stereocenters. The fourth-order valence-electron chi connectivity index (χ4n) is 2.35. The second-order valence-electron chi connectivity index (χ2n) is 5.98. The maximum Gasteiger partial charge on any atom is 0.0416 e. The Hall–Kier alpha value is -0.890. The van der Waals surface area contributed by atoms with Gasteiger partial charge in [0, 0.05) is 30.9 Å². The highest BCUT2D eigenvalue weighted by atomic mass is 14.9. The van der Waals surface area contributed by atoms with Gasteiger partial charge in [0.1, 0.15) is 0 Å². The van der Waals surface area contributed by atoms with Crippen LogP contribution in [0.25, 0.3) is 0 Å². The second-order valence-corrected chi connectivity index (χ2v) is 5.98. The van der Waals surface area contributed by atoms with Gasteiger partial charge in [0.2, 0.25) is 0 Å². The molecule has 1 aromatic rings. The molecule has 0 aliphatic heterocycles. The highest BCUT2D eigenvalue weighted by molar-refractivity contribution is 5.03. The first kappa shape index (κ1) is 15.2. The number of nitrogens with zero attached hydrogens (tertiary/aromatic N) is 1. The van der Waals surface area contributed by atoms with Crippen LogP contribution in [0.4, 0.5) is 0 Å². The summed E-state index contributed by atoms with van der Waals surface area (Å²) in [7, 11) is 0. The molecule has 2 heteroatoms. The molecule has 0 aliphatic carbocycles. The van der Waals surface area contributed by atoms with Crippen LogP contribution in [0.15, 0.2) is 24.4 Å². The third-order valence-corrected chi connectivity index (χ3v) is 3.05. The Kier molecular flexibility index (Phi) is 6.96. The van der Waals surface area contributed by atoms with Crippen molar-refractivity contribution in [2.45, 2.75) is 53.0 Å². The number of nitrogens with one attached hydrogen (secondary N) is 1. The average Bonchev–Trinajstić information content (AvgIpc) is 2.28. The molecular formula is C16H28N2. The molecule has 0 bridgehead atoms. The topological polar surface area (TPSA) is 24.9 Å². The normalized spacial score (nSPS) is 11.7. The van der Waals surface area contributed by atoms with E-state index in [4.69, 9.17) is 0 Å². The van der Waals surface area contributed by atoms with Crippen molar-refractivity contribution in [3.8, 4) is 0 Å². The maximum absolute atomic E-state index is 4.36. The van der Waals surface area contributed by atoms with E-state index in [9.17, 15) is 0 Å². The first-order chi connectivity index (χ1) is 8.58. The maximum atomic E-state index is 4.36. The van der Waals surface area contributed by atoms with E-state index in [0.717, 1.165) is 24.8 Å². The van der Waals surface area contributed by atoms with Crippen molar-refractivity contribution in [1.29, 1.82) is 0 Å². The van der Waals surface area contributed by atoms with Crippen LogP contribution in [0.3, 0.4) is 0 Å².